The number of halogens is 1. The van der Waals surface area contributed by atoms with Gasteiger partial charge in [-0.15, -0.1) is 0 Å². The second-order valence-corrected chi connectivity index (χ2v) is 7.74. The number of rotatable bonds is 5. The van der Waals surface area contributed by atoms with Gasteiger partial charge in [-0.2, -0.15) is 0 Å². The topological polar surface area (TPSA) is 46.6 Å². The first-order chi connectivity index (χ1) is 13.6. The molecule has 2 heterocycles. The standard InChI is InChI=1S/C23H24FNO3/c24-21-9-5-4-8-17(21)14-22(26)18-12-19-10-11-20(13-18)25(19)23(27)28-15-16-6-2-1-3-7-16/h1-9,18-20H,10-15H2. The second kappa shape index (κ2) is 8.13. The minimum Gasteiger partial charge on any atom is -0.445 e. The Labute approximate surface area is 164 Å². The number of benzene rings is 2. The van der Waals surface area contributed by atoms with Crippen molar-refractivity contribution in [2.45, 2.75) is 50.8 Å². The molecule has 0 N–H and O–H groups in total. The van der Waals surface area contributed by atoms with Crippen LogP contribution in [0.1, 0.15) is 36.8 Å². The van der Waals surface area contributed by atoms with Gasteiger partial charge in [-0.1, -0.05) is 48.5 Å². The lowest BCUT2D eigenvalue weighted by atomic mass is 9.85. The van der Waals surface area contributed by atoms with Crippen molar-refractivity contribution in [1.82, 2.24) is 4.90 Å². The number of carbonyl (C=O) groups excluding carboxylic acids is 2. The van der Waals surface area contributed by atoms with Crippen LogP contribution in [0.15, 0.2) is 54.6 Å². The fraction of sp³-hybridized carbons (Fsp3) is 0.391. The molecule has 2 atom stereocenters. The van der Waals surface area contributed by atoms with Gasteiger partial charge in [0.15, 0.2) is 0 Å². The summed E-state index contributed by atoms with van der Waals surface area (Å²) in [5.41, 5.74) is 1.41. The molecule has 28 heavy (non-hydrogen) atoms. The number of fused-ring (bicyclic) bond motifs is 2. The highest BCUT2D eigenvalue weighted by molar-refractivity contribution is 5.84. The van der Waals surface area contributed by atoms with Gasteiger partial charge in [0.05, 0.1) is 0 Å². The van der Waals surface area contributed by atoms with Crippen molar-refractivity contribution < 1.29 is 18.7 Å². The molecule has 146 valence electrons. The fourth-order valence-corrected chi connectivity index (χ4v) is 4.51. The average molecular weight is 381 g/mol. The van der Waals surface area contributed by atoms with Crippen LogP contribution < -0.4 is 0 Å². The zero-order valence-corrected chi connectivity index (χ0v) is 15.7. The molecule has 2 aromatic rings. The third-order valence-electron chi connectivity index (χ3n) is 5.93. The van der Waals surface area contributed by atoms with E-state index in [9.17, 15) is 14.0 Å². The lowest BCUT2D eigenvalue weighted by molar-refractivity contribution is -0.124. The minimum absolute atomic E-state index is 0.0385. The number of piperidine rings is 1. The normalized spacial score (nSPS) is 23.5. The number of carbonyl (C=O) groups is 2. The maximum atomic E-state index is 13.9. The smallest absolute Gasteiger partial charge is 0.410 e. The van der Waals surface area contributed by atoms with Crippen LogP contribution in [0.4, 0.5) is 9.18 Å². The first-order valence-corrected chi connectivity index (χ1v) is 9.87. The Morgan fingerprint density at radius 1 is 0.964 bits per heavy atom. The predicted octanol–water partition coefficient (Wildman–Crippen LogP) is 4.52. The molecule has 0 aromatic heterocycles. The summed E-state index contributed by atoms with van der Waals surface area (Å²) in [6, 6.07) is 16.1. The van der Waals surface area contributed by atoms with Crippen LogP contribution in [0, 0.1) is 11.7 Å². The molecule has 5 heteroatoms. The van der Waals surface area contributed by atoms with E-state index in [0.717, 1.165) is 18.4 Å². The Balaban J connectivity index is 1.35. The Hall–Kier alpha value is -2.69. The molecule has 2 aromatic carbocycles. The number of nitrogens with zero attached hydrogens (tertiary/aromatic N) is 1. The Kier molecular flexibility index (Phi) is 5.42. The highest BCUT2D eigenvalue weighted by Crippen LogP contribution is 2.40. The van der Waals surface area contributed by atoms with Gasteiger partial charge in [0.1, 0.15) is 18.2 Å². The van der Waals surface area contributed by atoms with Crippen LogP contribution >= 0.6 is 0 Å². The van der Waals surface area contributed by atoms with E-state index >= 15 is 0 Å². The maximum absolute atomic E-state index is 13.9. The number of hydrogen-bond acceptors (Lipinski definition) is 3. The van der Waals surface area contributed by atoms with Crippen molar-refractivity contribution in [3.8, 4) is 0 Å². The summed E-state index contributed by atoms with van der Waals surface area (Å²) in [5.74, 6) is -0.379. The third kappa shape index (κ3) is 3.93. The molecule has 2 fully saturated rings. The zero-order valence-electron chi connectivity index (χ0n) is 15.7. The van der Waals surface area contributed by atoms with Gasteiger partial charge in [0.2, 0.25) is 0 Å². The highest BCUT2D eigenvalue weighted by Gasteiger charge is 2.45. The molecule has 2 bridgehead atoms. The molecule has 4 nitrogen and oxygen atoms in total. The van der Waals surface area contributed by atoms with Crippen LogP contribution in [-0.4, -0.2) is 28.9 Å². The van der Waals surface area contributed by atoms with E-state index in [4.69, 9.17) is 4.74 Å². The van der Waals surface area contributed by atoms with Crippen molar-refractivity contribution in [3.63, 3.8) is 0 Å². The molecule has 1 amide bonds. The van der Waals surface area contributed by atoms with Gasteiger partial charge in [0.25, 0.3) is 0 Å². The molecule has 2 aliphatic heterocycles. The molecular weight excluding hydrogens is 357 g/mol. The largest absolute Gasteiger partial charge is 0.445 e. The number of ether oxygens (including phenoxy) is 1. The summed E-state index contributed by atoms with van der Waals surface area (Å²) in [5, 5.41) is 0. The Morgan fingerprint density at radius 3 is 2.29 bits per heavy atom. The lowest BCUT2D eigenvalue weighted by Gasteiger charge is -2.37. The van der Waals surface area contributed by atoms with Gasteiger partial charge >= 0.3 is 6.09 Å². The van der Waals surface area contributed by atoms with E-state index in [1.54, 1.807) is 18.2 Å². The number of ketones is 1. The number of Topliss-reactive ketones (excluding diaryl/α,β-unsaturated/α-hetero) is 1. The maximum Gasteiger partial charge on any atom is 0.410 e. The number of hydrogen-bond donors (Lipinski definition) is 0. The second-order valence-electron chi connectivity index (χ2n) is 7.74. The van der Waals surface area contributed by atoms with Crippen LogP contribution in [0.2, 0.25) is 0 Å². The predicted molar refractivity (Wildman–Crippen MR) is 103 cm³/mol. The van der Waals surface area contributed by atoms with E-state index in [1.165, 1.54) is 6.07 Å². The van der Waals surface area contributed by atoms with E-state index in [-0.39, 0.29) is 48.7 Å². The van der Waals surface area contributed by atoms with E-state index < -0.39 is 0 Å². The van der Waals surface area contributed by atoms with Crippen LogP contribution in [0.3, 0.4) is 0 Å². The lowest BCUT2D eigenvalue weighted by Crippen LogP contribution is -2.48. The SMILES string of the molecule is O=C(Cc1ccccc1F)C1CC2CCC(C1)N2C(=O)OCc1ccccc1. The summed E-state index contributed by atoms with van der Waals surface area (Å²) in [6.45, 7) is 0.255. The molecule has 0 radical (unpaired) electrons. The first kappa shape index (κ1) is 18.7. The molecular formula is C23H24FNO3. The van der Waals surface area contributed by atoms with Gasteiger partial charge in [-0.25, -0.2) is 9.18 Å². The van der Waals surface area contributed by atoms with Crippen LogP contribution in [0.25, 0.3) is 0 Å². The summed E-state index contributed by atoms with van der Waals surface area (Å²) in [6.07, 6.45) is 2.91. The monoisotopic (exact) mass is 381 g/mol. The van der Waals surface area contributed by atoms with Crippen molar-refractivity contribution in [3.05, 3.63) is 71.5 Å². The molecule has 2 saturated heterocycles. The van der Waals surface area contributed by atoms with Gasteiger partial charge < -0.3 is 9.64 Å². The van der Waals surface area contributed by atoms with Gasteiger partial charge in [0, 0.05) is 24.4 Å². The van der Waals surface area contributed by atoms with Crippen molar-refractivity contribution in [1.29, 1.82) is 0 Å². The van der Waals surface area contributed by atoms with E-state index in [1.807, 2.05) is 35.2 Å². The Morgan fingerprint density at radius 2 is 1.61 bits per heavy atom. The molecule has 2 aliphatic rings. The third-order valence-corrected chi connectivity index (χ3v) is 5.93. The van der Waals surface area contributed by atoms with E-state index in [0.29, 0.717) is 18.4 Å². The van der Waals surface area contributed by atoms with E-state index in [2.05, 4.69) is 0 Å². The molecule has 0 saturated carbocycles. The average Bonchev–Trinajstić information content (AvgIpc) is 2.98. The summed E-state index contributed by atoms with van der Waals surface area (Å²) in [7, 11) is 0. The number of amides is 1. The molecule has 0 spiro atoms. The van der Waals surface area contributed by atoms with Crippen molar-refractivity contribution in [2.75, 3.05) is 0 Å². The van der Waals surface area contributed by atoms with Crippen molar-refractivity contribution >= 4 is 11.9 Å². The molecule has 2 unspecified atom stereocenters. The van der Waals surface area contributed by atoms with Gasteiger partial charge in [-0.05, 0) is 42.9 Å². The van der Waals surface area contributed by atoms with Crippen LogP contribution in [-0.2, 0) is 22.6 Å². The van der Waals surface area contributed by atoms with Gasteiger partial charge in [-0.3, -0.25) is 4.79 Å². The summed E-state index contributed by atoms with van der Waals surface area (Å²) < 4.78 is 19.4. The van der Waals surface area contributed by atoms with Crippen LogP contribution in [0.5, 0.6) is 0 Å². The Bertz CT molecular complexity index is 840. The molecule has 4 rings (SSSR count). The molecule has 0 aliphatic carbocycles. The minimum atomic E-state index is -0.333. The fourth-order valence-electron chi connectivity index (χ4n) is 4.51. The zero-order chi connectivity index (χ0) is 19.5. The summed E-state index contributed by atoms with van der Waals surface area (Å²) in [4.78, 5) is 27.2. The first-order valence-electron chi connectivity index (χ1n) is 9.87. The quantitative estimate of drug-likeness (QED) is 0.765. The summed E-state index contributed by atoms with van der Waals surface area (Å²) >= 11 is 0. The van der Waals surface area contributed by atoms with Crippen molar-refractivity contribution in [2.24, 2.45) is 5.92 Å². The highest BCUT2D eigenvalue weighted by atomic mass is 19.1.